The van der Waals surface area contributed by atoms with Crippen LogP contribution in [0.1, 0.15) is 38.2 Å². The summed E-state index contributed by atoms with van der Waals surface area (Å²) in [6.45, 7) is 3.59. The number of carbonyl (C=O) groups excluding carboxylic acids is 1. The third kappa shape index (κ3) is 5.48. The van der Waals surface area contributed by atoms with E-state index in [1.807, 2.05) is 4.90 Å². The number of carbonyl (C=O) groups is 1. The Morgan fingerprint density at radius 2 is 1.78 bits per heavy atom. The predicted molar refractivity (Wildman–Crippen MR) is 116 cm³/mol. The molecule has 1 amide bonds. The molecule has 0 spiro atoms. The number of alkyl halides is 3. The second-order valence-electron chi connectivity index (χ2n) is 8.26. The zero-order valence-electron chi connectivity index (χ0n) is 18.1. The van der Waals surface area contributed by atoms with Crippen LogP contribution in [0.2, 0.25) is 5.02 Å². The van der Waals surface area contributed by atoms with Gasteiger partial charge in [-0.25, -0.2) is 17.7 Å². The van der Waals surface area contributed by atoms with Crippen molar-refractivity contribution in [2.24, 2.45) is 5.92 Å². The number of anilines is 1. The van der Waals surface area contributed by atoms with E-state index in [2.05, 4.69) is 4.98 Å². The summed E-state index contributed by atoms with van der Waals surface area (Å²) in [6.07, 6.45) is -1.41. The Bertz CT molecular complexity index is 929. The van der Waals surface area contributed by atoms with E-state index in [9.17, 15) is 26.4 Å². The summed E-state index contributed by atoms with van der Waals surface area (Å²) in [5.74, 6) is 0.231. The van der Waals surface area contributed by atoms with E-state index in [0.717, 1.165) is 12.3 Å². The first-order valence-corrected chi connectivity index (χ1v) is 12.6. The molecule has 32 heavy (non-hydrogen) atoms. The first-order chi connectivity index (χ1) is 14.9. The molecule has 1 aromatic heterocycles. The zero-order chi connectivity index (χ0) is 23.7. The molecule has 2 fully saturated rings. The molecule has 0 atom stereocenters. The van der Waals surface area contributed by atoms with E-state index >= 15 is 0 Å². The minimum absolute atomic E-state index is 0.0515. The highest BCUT2D eigenvalue weighted by molar-refractivity contribution is 7.89. The van der Waals surface area contributed by atoms with Gasteiger partial charge in [0.1, 0.15) is 5.82 Å². The fourth-order valence-electron chi connectivity index (χ4n) is 4.30. The number of rotatable bonds is 5. The average molecular weight is 497 g/mol. The van der Waals surface area contributed by atoms with Gasteiger partial charge in [0.15, 0.2) is 0 Å². The van der Waals surface area contributed by atoms with Gasteiger partial charge in [0.25, 0.3) is 0 Å². The lowest BCUT2D eigenvalue weighted by molar-refractivity contribution is -0.138. The number of amides is 1. The second kappa shape index (κ2) is 9.72. The molecule has 3 rings (SSSR count). The van der Waals surface area contributed by atoms with Crippen LogP contribution in [-0.4, -0.2) is 73.5 Å². The molecular weight excluding hydrogens is 469 g/mol. The molecule has 0 N–H and O–H groups in total. The standard InChI is InChI=1S/C20H28ClF3N4O3S/c1-3-32(30,31)26(2)16-6-10-28(11-7-16)19(29)14-4-8-27(9-5-14)18-17(21)12-15(13-25-18)20(22,23)24/h12-14,16H,3-11H2,1-2H3. The minimum atomic E-state index is -4.50. The normalized spacial score (nSPS) is 19.6. The van der Waals surface area contributed by atoms with E-state index in [1.165, 1.54) is 4.31 Å². The van der Waals surface area contributed by atoms with Crippen molar-refractivity contribution >= 4 is 33.3 Å². The SMILES string of the molecule is CCS(=O)(=O)N(C)C1CCN(C(=O)C2CCN(c3ncc(C(F)(F)F)cc3Cl)CC2)CC1. The Labute approximate surface area is 191 Å². The Morgan fingerprint density at radius 1 is 1.19 bits per heavy atom. The van der Waals surface area contributed by atoms with Crippen molar-refractivity contribution in [3.05, 3.63) is 22.8 Å². The quantitative estimate of drug-likeness (QED) is 0.625. The monoisotopic (exact) mass is 496 g/mol. The van der Waals surface area contributed by atoms with Crippen LogP contribution in [-0.2, 0) is 21.0 Å². The Hall–Kier alpha value is -1.59. The molecule has 1 aromatic rings. The van der Waals surface area contributed by atoms with Crippen LogP contribution in [0.25, 0.3) is 0 Å². The molecule has 180 valence electrons. The van der Waals surface area contributed by atoms with E-state index < -0.39 is 21.8 Å². The highest BCUT2D eigenvalue weighted by Crippen LogP contribution is 2.35. The number of piperidine rings is 2. The van der Waals surface area contributed by atoms with Crippen LogP contribution < -0.4 is 4.90 Å². The van der Waals surface area contributed by atoms with Gasteiger partial charge in [-0.05, 0) is 38.7 Å². The minimum Gasteiger partial charge on any atom is -0.355 e. The van der Waals surface area contributed by atoms with Crippen LogP contribution in [0.3, 0.4) is 0 Å². The maximum atomic E-state index is 13.0. The van der Waals surface area contributed by atoms with Crippen LogP contribution in [0, 0.1) is 5.92 Å². The smallest absolute Gasteiger partial charge is 0.355 e. The van der Waals surface area contributed by atoms with Crippen LogP contribution in [0.4, 0.5) is 19.0 Å². The van der Waals surface area contributed by atoms with Gasteiger partial charge in [-0.3, -0.25) is 4.79 Å². The summed E-state index contributed by atoms with van der Waals surface area (Å²) in [5, 5.41) is -0.0576. The van der Waals surface area contributed by atoms with Crippen LogP contribution in [0.5, 0.6) is 0 Å². The largest absolute Gasteiger partial charge is 0.417 e. The number of halogens is 4. The lowest BCUT2D eigenvalue weighted by atomic mass is 9.93. The third-order valence-electron chi connectivity index (χ3n) is 6.39. The summed E-state index contributed by atoms with van der Waals surface area (Å²) < 4.78 is 64.0. The van der Waals surface area contributed by atoms with Gasteiger partial charge in [0.05, 0.1) is 16.3 Å². The Morgan fingerprint density at radius 3 is 2.28 bits per heavy atom. The summed E-state index contributed by atoms with van der Waals surface area (Å²) in [4.78, 5) is 20.5. The van der Waals surface area contributed by atoms with Gasteiger partial charge in [-0.2, -0.15) is 13.2 Å². The highest BCUT2D eigenvalue weighted by atomic mass is 35.5. The van der Waals surface area contributed by atoms with Gasteiger partial charge in [-0.15, -0.1) is 0 Å². The number of sulfonamides is 1. The van der Waals surface area contributed by atoms with Gasteiger partial charge >= 0.3 is 6.18 Å². The second-order valence-corrected chi connectivity index (χ2v) is 11.0. The number of aromatic nitrogens is 1. The fraction of sp³-hybridized carbons (Fsp3) is 0.700. The summed E-state index contributed by atoms with van der Waals surface area (Å²) in [6, 6.07) is 0.778. The van der Waals surface area contributed by atoms with Crippen LogP contribution >= 0.6 is 11.6 Å². The average Bonchev–Trinajstić information content (AvgIpc) is 2.77. The summed E-state index contributed by atoms with van der Waals surface area (Å²) in [7, 11) is -1.66. The molecule has 2 aliphatic heterocycles. The number of hydrogen-bond acceptors (Lipinski definition) is 5. The number of hydrogen-bond donors (Lipinski definition) is 0. The first-order valence-electron chi connectivity index (χ1n) is 10.7. The molecule has 2 aliphatic rings. The molecule has 0 saturated carbocycles. The fourth-order valence-corrected chi connectivity index (χ4v) is 5.65. The maximum absolute atomic E-state index is 13.0. The van der Waals surface area contributed by atoms with Crippen molar-refractivity contribution in [3.8, 4) is 0 Å². The Balaban J connectivity index is 1.53. The molecule has 0 bridgehead atoms. The first kappa shape index (κ1) is 25.0. The van der Waals surface area contributed by atoms with E-state index in [-0.39, 0.29) is 28.6 Å². The van der Waals surface area contributed by atoms with Crippen molar-refractivity contribution in [2.45, 2.75) is 44.8 Å². The molecular formula is C20H28ClF3N4O3S. The highest BCUT2D eigenvalue weighted by Gasteiger charge is 2.35. The van der Waals surface area contributed by atoms with E-state index in [4.69, 9.17) is 11.6 Å². The molecule has 2 saturated heterocycles. The Kier molecular flexibility index (Phi) is 7.61. The third-order valence-corrected chi connectivity index (χ3v) is 8.57. The molecule has 0 radical (unpaired) electrons. The zero-order valence-corrected chi connectivity index (χ0v) is 19.7. The van der Waals surface area contributed by atoms with Gasteiger partial charge in [0, 0.05) is 51.4 Å². The molecule has 7 nitrogen and oxygen atoms in total. The molecule has 0 unspecified atom stereocenters. The van der Waals surface area contributed by atoms with Crippen molar-refractivity contribution < 1.29 is 26.4 Å². The van der Waals surface area contributed by atoms with E-state index in [0.29, 0.717) is 57.7 Å². The number of nitrogens with zero attached hydrogens (tertiary/aromatic N) is 4. The number of likely N-dealkylation sites (tertiary alicyclic amines) is 1. The van der Waals surface area contributed by atoms with Gasteiger partial charge in [0.2, 0.25) is 15.9 Å². The van der Waals surface area contributed by atoms with Crippen LogP contribution in [0.15, 0.2) is 12.3 Å². The summed E-state index contributed by atoms with van der Waals surface area (Å²) in [5.41, 5.74) is -0.892. The molecule has 0 aliphatic carbocycles. The topological polar surface area (TPSA) is 73.8 Å². The number of pyridine rings is 1. The van der Waals surface area contributed by atoms with E-state index in [1.54, 1.807) is 18.9 Å². The predicted octanol–water partition coefficient (Wildman–Crippen LogP) is 3.24. The van der Waals surface area contributed by atoms with Crippen molar-refractivity contribution in [2.75, 3.05) is 43.9 Å². The molecule has 12 heteroatoms. The lowest BCUT2D eigenvalue weighted by Crippen LogP contribution is -2.50. The van der Waals surface area contributed by atoms with Crippen molar-refractivity contribution in [1.82, 2.24) is 14.2 Å². The lowest BCUT2D eigenvalue weighted by Gasteiger charge is -2.39. The van der Waals surface area contributed by atoms with Gasteiger partial charge < -0.3 is 9.80 Å². The van der Waals surface area contributed by atoms with Crippen molar-refractivity contribution in [3.63, 3.8) is 0 Å². The van der Waals surface area contributed by atoms with Crippen molar-refractivity contribution in [1.29, 1.82) is 0 Å². The summed E-state index contributed by atoms with van der Waals surface area (Å²) >= 11 is 6.05. The molecule has 3 heterocycles. The van der Waals surface area contributed by atoms with Gasteiger partial charge in [-0.1, -0.05) is 11.6 Å². The maximum Gasteiger partial charge on any atom is 0.417 e. The molecule has 0 aromatic carbocycles.